The van der Waals surface area contributed by atoms with Crippen molar-refractivity contribution in [2.24, 2.45) is 0 Å². The fourth-order valence-electron chi connectivity index (χ4n) is 2.08. The predicted octanol–water partition coefficient (Wildman–Crippen LogP) is 3.11. The number of sulfonamides is 1. The molecule has 1 amide bonds. The van der Waals surface area contributed by atoms with E-state index in [1.807, 2.05) is 0 Å². The molecule has 0 unspecified atom stereocenters. The maximum atomic E-state index is 12.2. The summed E-state index contributed by atoms with van der Waals surface area (Å²) in [7, 11) is -2.16. The van der Waals surface area contributed by atoms with Gasteiger partial charge in [-0.3, -0.25) is 4.79 Å². The van der Waals surface area contributed by atoms with Crippen molar-refractivity contribution in [3.8, 4) is 5.75 Å². The minimum atomic E-state index is -3.66. The maximum Gasteiger partial charge on any atom is 0.244 e. The summed E-state index contributed by atoms with van der Waals surface area (Å²) in [6.45, 7) is 0.174. The Bertz CT molecular complexity index is 929. The lowest BCUT2D eigenvalue weighted by molar-refractivity contribution is -0.116. The average Bonchev–Trinajstić information content (AvgIpc) is 2.66. The van der Waals surface area contributed by atoms with Crippen LogP contribution in [-0.4, -0.2) is 34.5 Å². The molecule has 9 heteroatoms. The Labute approximate surface area is 168 Å². The molecule has 0 aliphatic rings. The Morgan fingerprint density at radius 3 is 2.48 bits per heavy atom. The zero-order valence-electron chi connectivity index (χ0n) is 14.4. The Kier molecular flexibility index (Phi) is 7.67. The Morgan fingerprint density at radius 1 is 1.11 bits per heavy atom. The number of ether oxygens (including phenoxy) is 1. The van der Waals surface area contributed by atoms with Crippen molar-refractivity contribution >= 4 is 45.2 Å². The van der Waals surface area contributed by atoms with E-state index < -0.39 is 10.0 Å². The van der Waals surface area contributed by atoms with Crippen LogP contribution in [0, 0.1) is 0 Å². The van der Waals surface area contributed by atoms with Crippen LogP contribution in [-0.2, 0) is 14.8 Å². The molecule has 0 atom stereocenters. The molecule has 0 fully saturated rings. The molecule has 6 nitrogen and oxygen atoms in total. The number of rotatable bonds is 8. The van der Waals surface area contributed by atoms with Crippen molar-refractivity contribution in [2.45, 2.75) is 4.90 Å². The second-order valence-electron chi connectivity index (χ2n) is 5.36. The monoisotopic (exact) mass is 428 g/mol. The lowest BCUT2D eigenvalue weighted by Gasteiger charge is -2.08. The number of amides is 1. The van der Waals surface area contributed by atoms with Crippen LogP contribution in [0.5, 0.6) is 5.75 Å². The quantitative estimate of drug-likeness (QED) is 0.499. The van der Waals surface area contributed by atoms with Gasteiger partial charge in [-0.1, -0.05) is 23.2 Å². The molecule has 0 aliphatic heterocycles. The van der Waals surface area contributed by atoms with Gasteiger partial charge in [0.2, 0.25) is 15.9 Å². The summed E-state index contributed by atoms with van der Waals surface area (Å²) in [4.78, 5) is 11.9. The van der Waals surface area contributed by atoms with Crippen LogP contribution in [0.2, 0.25) is 10.0 Å². The number of carbonyl (C=O) groups excluding carboxylic acids is 1. The van der Waals surface area contributed by atoms with Gasteiger partial charge in [-0.15, -0.1) is 0 Å². The van der Waals surface area contributed by atoms with E-state index in [-0.39, 0.29) is 23.9 Å². The van der Waals surface area contributed by atoms with Gasteiger partial charge in [-0.25, -0.2) is 13.1 Å². The molecule has 0 bridgehead atoms. The molecule has 2 N–H and O–H groups in total. The van der Waals surface area contributed by atoms with Crippen molar-refractivity contribution in [3.63, 3.8) is 0 Å². The summed E-state index contributed by atoms with van der Waals surface area (Å²) in [5, 5.41) is 3.56. The number of methoxy groups -OCH3 is 1. The molecule has 2 aromatic rings. The highest BCUT2D eigenvalue weighted by Crippen LogP contribution is 2.21. The molecule has 0 heterocycles. The first-order valence-electron chi connectivity index (χ1n) is 7.86. The first kappa shape index (κ1) is 21.2. The standard InChI is InChI=1S/C18H18Cl2N2O4S/c1-26-15-4-6-16(7-5-15)27(24,25)22-11-10-21-18(23)9-2-13-12-14(19)3-8-17(13)20/h2-9,12,22H,10-11H2,1H3,(H,21,23)/b9-2+. The van der Waals surface area contributed by atoms with Gasteiger partial charge in [0.15, 0.2) is 0 Å². The number of carbonyl (C=O) groups is 1. The second-order valence-corrected chi connectivity index (χ2v) is 7.97. The Morgan fingerprint density at radius 2 is 1.81 bits per heavy atom. The SMILES string of the molecule is COc1ccc(S(=O)(=O)NCCNC(=O)/C=C/c2cc(Cl)ccc2Cl)cc1. The lowest BCUT2D eigenvalue weighted by Crippen LogP contribution is -2.34. The van der Waals surface area contributed by atoms with Gasteiger partial charge < -0.3 is 10.1 Å². The first-order valence-corrected chi connectivity index (χ1v) is 10.1. The molecule has 0 aliphatic carbocycles. The number of nitrogens with one attached hydrogen (secondary N) is 2. The molecule has 0 saturated heterocycles. The second kappa shape index (κ2) is 9.75. The van der Waals surface area contributed by atoms with Gasteiger partial charge in [0.25, 0.3) is 0 Å². The van der Waals surface area contributed by atoms with Gasteiger partial charge in [0, 0.05) is 29.2 Å². The zero-order valence-corrected chi connectivity index (χ0v) is 16.7. The summed E-state index contributed by atoms with van der Waals surface area (Å²) in [6.07, 6.45) is 2.83. The molecule has 27 heavy (non-hydrogen) atoms. The van der Waals surface area contributed by atoms with Crippen molar-refractivity contribution < 1.29 is 17.9 Å². The van der Waals surface area contributed by atoms with Gasteiger partial charge in [0.1, 0.15) is 5.75 Å². The summed E-state index contributed by atoms with van der Waals surface area (Å²) < 4.78 is 31.7. The topological polar surface area (TPSA) is 84.5 Å². The molecular weight excluding hydrogens is 411 g/mol. The molecule has 0 radical (unpaired) electrons. The van der Waals surface area contributed by atoms with Gasteiger partial charge in [0.05, 0.1) is 12.0 Å². The van der Waals surface area contributed by atoms with Gasteiger partial charge in [-0.05, 0) is 54.1 Å². The lowest BCUT2D eigenvalue weighted by atomic mass is 10.2. The highest BCUT2D eigenvalue weighted by molar-refractivity contribution is 7.89. The summed E-state index contributed by atoms with van der Waals surface area (Å²) in [5.74, 6) is 0.183. The number of hydrogen-bond acceptors (Lipinski definition) is 4. The van der Waals surface area contributed by atoms with Crippen LogP contribution in [0.1, 0.15) is 5.56 Å². The third kappa shape index (κ3) is 6.55. The molecule has 2 aromatic carbocycles. The van der Waals surface area contributed by atoms with Crippen LogP contribution in [0.25, 0.3) is 6.08 Å². The van der Waals surface area contributed by atoms with E-state index in [0.29, 0.717) is 21.4 Å². The number of halogens is 2. The summed E-state index contributed by atoms with van der Waals surface area (Å²) in [5.41, 5.74) is 0.611. The normalized spacial score (nSPS) is 11.5. The minimum absolute atomic E-state index is 0.0475. The zero-order chi connectivity index (χ0) is 19.9. The Balaban J connectivity index is 1.82. The molecule has 0 aromatic heterocycles. The largest absolute Gasteiger partial charge is 0.497 e. The molecule has 0 saturated carbocycles. The molecule has 0 spiro atoms. The van der Waals surface area contributed by atoms with Crippen molar-refractivity contribution in [2.75, 3.05) is 20.2 Å². The highest BCUT2D eigenvalue weighted by atomic mass is 35.5. The molecular formula is C18H18Cl2N2O4S. The van der Waals surface area contributed by atoms with E-state index in [9.17, 15) is 13.2 Å². The summed E-state index contributed by atoms with van der Waals surface area (Å²) >= 11 is 11.9. The van der Waals surface area contributed by atoms with Crippen LogP contribution in [0.3, 0.4) is 0 Å². The third-order valence-electron chi connectivity index (χ3n) is 3.46. The number of hydrogen-bond donors (Lipinski definition) is 2. The van der Waals surface area contributed by atoms with E-state index >= 15 is 0 Å². The first-order chi connectivity index (χ1) is 12.8. The average molecular weight is 429 g/mol. The van der Waals surface area contributed by atoms with E-state index in [2.05, 4.69) is 10.0 Å². The van der Waals surface area contributed by atoms with E-state index in [1.54, 1.807) is 30.3 Å². The predicted molar refractivity (Wildman–Crippen MR) is 107 cm³/mol. The maximum absolute atomic E-state index is 12.2. The van der Waals surface area contributed by atoms with Crippen LogP contribution in [0.15, 0.2) is 53.4 Å². The van der Waals surface area contributed by atoms with Crippen LogP contribution >= 0.6 is 23.2 Å². The van der Waals surface area contributed by atoms with E-state index in [1.165, 1.54) is 31.4 Å². The van der Waals surface area contributed by atoms with Gasteiger partial charge in [-0.2, -0.15) is 0 Å². The fraction of sp³-hybridized carbons (Fsp3) is 0.167. The smallest absolute Gasteiger partial charge is 0.244 e. The Hall–Kier alpha value is -2.06. The molecule has 144 valence electrons. The molecule has 2 rings (SSSR count). The van der Waals surface area contributed by atoms with Crippen molar-refractivity contribution in [1.29, 1.82) is 0 Å². The van der Waals surface area contributed by atoms with E-state index in [0.717, 1.165) is 0 Å². The van der Waals surface area contributed by atoms with Crippen molar-refractivity contribution in [1.82, 2.24) is 10.0 Å². The highest BCUT2D eigenvalue weighted by Gasteiger charge is 2.13. The fourth-order valence-corrected chi connectivity index (χ4v) is 3.47. The number of benzene rings is 2. The summed E-state index contributed by atoms with van der Waals surface area (Å²) in [6, 6.07) is 10.9. The van der Waals surface area contributed by atoms with Crippen LogP contribution < -0.4 is 14.8 Å². The minimum Gasteiger partial charge on any atom is -0.497 e. The third-order valence-corrected chi connectivity index (χ3v) is 5.51. The van der Waals surface area contributed by atoms with Crippen molar-refractivity contribution in [3.05, 3.63) is 64.1 Å². The van der Waals surface area contributed by atoms with Gasteiger partial charge >= 0.3 is 0 Å². The van der Waals surface area contributed by atoms with E-state index in [4.69, 9.17) is 27.9 Å². The van der Waals surface area contributed by atoms with Crippen LogP contribution in [0.4, 0.5) is 0 Å².